The Morgan fingerprint density at radius 1 is 1.07 bits per heavy atom. The van der Waals surface area contributed by atoms with E-state index in [9.17, 15) is 19.8 Å². The molecule has 0 aliphatic rings. The van der Waals surface area contributed by atoms with Crippen molar-refractivity contribution in [1.82, 2.24) is 4.57 Å². The molecular weight excluding hydrogens is 342 g/mol. The molecule has 2 aromatic carbocycles. The fourth-order valence-electron chi connectivity index (χ4n) is 2.93. The number of carbonyl (C=O) groups excluding carboxylic acids is 1. The van der Waals surface area contributed by atoms with E-state index in [0.717, 1.165) is 16.7 Å². The lowest BCUT2D eigenvalue weighted by atomic mass is 9.98. The third-order valence-corrected chi connectivity index (χ3v) is 4.34. The zero-order valence-corrected chi connectivity index (χ0v) is 14.8. The summed E-state index contributed by atoms with van der Waals surface area (Å²) >= 11 is 0. The van der Waals surface area contributed by atoms with Gasteiger partial charge in [0.2, 0.25) is 5.43 Å². The van der Waals surface area contributed by atoms with Crippen LogP contribution in [0.3, 0.4) is 0 Å². The molecule has 0 radical (unpaired) electrons. The highest BCUT2D eigenvalue weighted by Crippen LogP contribution is 2.25. The van der Waals surface area contributed by atoms with E-state index in [2.05, 4.69) is 6.58 Å². The van der Waals surface area contributed by atoms with Crippen molar-refractivity contribution in [2.24, 2.45) is 0 Å². The molecule has 0 bridgehead atoms. The summed E-state index contributed by atoms with van der Waals surface area (Å²) in [4.78, 5) is 23.3. The molecule has 0 aliphatic carbocycles. The van der Waals surface area contributed by atoms with Gasteiger partial charge >= 0.3 is 0 Å². The van der Waals surface area contributed by atoms with Crippen LogP contribution in [-0.2, 0) is 6.54 Å². The van der Waals surface area contributed by atoms with Gasteiger partial charge < -0.3 is 14.8 Å². The molecule has 1 heterocycles. The quantitative estimate of drug-likeness (QED) is 0.532. The Hall–Kier alpha value is -3.60. The number of benzene rings is 2. The molecule has 0 spiro atoms. The van der Waals surface area contributed by atoms with E-state index in [0.29, 0.717) is 12.1 Å². The molecule has 2 N–H and O–H groups in total. The second kappa shape index (κ2) is 7.33. The lowest BCUT2D eigenvalue weighted by Crippen LogP contribution is -2.13. The third kappa shape index (κ3) is 3.82. The van der Waals surface area contributed by atoms with Crippen molar-refractivity contribution >= 4 is 11.5 Å². The molecular formula is C22H19NO4. The van der Waals surface area contributed by atoms with Crippen molar-refractivity contribution in [3.63, 3.8) is 0 Å². The number of hydrogen-bond acceptors (Lipinski definition) is 4. The highest BCUT2D eigenvalue weighted by Gasteiger charge is 2.11. The standard InChI is InChI=1S/C22H19NO4/c1-14(24)16-7-9-17(10-8-16)19-6-4-3-5-18(19)11-23-12-20(15(2)25)22(27)21(26)13-23/h3-10,12-13,25-26H,2,11H2,1H3. The number of ketones is 1. The summed E-state index contributed by atoms with van der Waals surface area (Å²) in [5, 5.41) is 19.4. The minimum Gasteiger partial charge on any atom is -0.508 e. The number of aliphatic hydroxyl groups excluding tert-OH is 1. The van der Waals surface area contributed by atoms with Crippen molar-refractivity contribution in [3.8, 4) is 16.9 Å². The Bertz CT molecular complexity index is 1080. The van der Waals surface area contributed by atoms with E-state index < -0.39 is 16.9 Å². The van der Waals surface area contributed by atoms with E-state index in [-0.39, 0.29) is 11.3 Å². The van der Waals surface area contributed by atoms with E-state index in [1.54, 1.807) is 16.7 Å². The van der Waals surface area contributed by atoms with Crippen molar-refractivity contribution in [3.05, 3.63) is 94.4 Å². The van der Waals surface area contributed by atoms with Gasteiger partial charge in [0, 0.05) is 18.3 Å². The van der Waals surface area contributed by atoms with Gasteiger partial charge in [-0.2, -0.15) is 0 Å². The first-order valence-electron chi connectivity index (χ1n) is 8.37. The zero-order chi connectivity index (χ0) is 19.6. The molecule has 3 rings (SSSR count). The first-order valence-corrected chi connectivity index (χ1v) is 8.37. The summed E-state index contributed by atoms with van der Waals surface area (Å²) in [6.07, 6.45) is 2.78. The highest BCUT2D eigenvalue weighted by molar-refractivity contribution is 5.94. The minimum atomic E-state index is -0.660. The second-order valence-electron chi connectivity index (χ2n) is 6.30. The lowest BCUT2D eigenvalue weighted by molar-refractivity contribution is 0.101. The largest absolute Gasteiger partial charge is 0.508 e. The van der Waals surface area contributed by atoms with Crippen molar-refractivity contribution in [2.45, 2.75) is 13.5 Å². The average Bonchev–Trinajstić information content (AvgIpc) is 2.65. The lowest BCUT2D eigenvalue weighted by Gasteiger charge is -2.14. The van der Waals surface area contributed by atoms with Gasteiger partial charge in [0.1, 0.15) is 5.76 Å². The van der Waals surface area contributed by atoms with Crippen LogP contribution in [0.15, 0.2) is 72.3 Å². The van der Waals surface area contributed by atoms with Gasteiger partial charge in [-0.15, -0.1) is 0 Å². The van der Waals surface area contributed by atoms with Crippen LogP contribution in [-0.4, -0.2) is 20.6 Å². The summed E-state index contributed by atoms with van der Waals surface area (Å²) in [7, 11) is 0. The smallest absolute Gasteiger partial charge is 0.234 e. The van der Waals surface area contributed by atoms with Gasteiger partial charge in [-0.1, -0.05) is 55.1 Å². The van der Waals surface area contributed by atoms with Gasteiger partial charge in [0.25, 0.3) is 0 Å². The van der Waals surface area contributed by atoms with Crippen molar-refractivity contribution < 1.29 is 15.0 Å². The number of hydrogen-bond donors (Lipinski definition) is 2. The Morgan fingerprint density at radius 3 is 2.37 bits per heavy atom. The number of rotatable bonds is 5. The third-order valence-electron chi connectivity index (χ3n) is 4.34. The van der Waals surface area contributed by atoms with Crippen molar-refractivity contribution in [2.75, 3.05) is 0 Å². The Balaban J connectivity index is 2.01. The zero-order valence-electron chi connectivity index (χ0n) is 14.8. The molecule has 1 aromatic heterocycles. The van der Waals surface area contributed by atoms with Gasteiger partial charge in [0.05, 0.1) is 11.8 Å². The average molecular weight is 361 g/mol. The molecule has 0 unspecified atom stereocenters. The van der Waals surface area contributed by atoms with Crippen LogP contribution in [0.1, 0.15) is 28.4 Å². The van der Waals surface area contributed by atoms with Crippen LogP contribution in [0, 0.1) is 0 Å². The number of Topliss-reactive ketones (excluding diaryl/α,β-unsaturated/α-hetero) is 1. The number of aromatic nitrogens is 1. The molecule has 0 fully saturated rings. The number of aliphatic hydroxyl groups is 1. The normalized spacial score (nSPS) is 10.6. The van der Waals surface area contributed by atoms with Gasteiger partial charge in [0.15, 0.2) is 11.5 Å². The summed E-state index contributed by atoms with van der Waals surface area (Å²) in [5.74, 6) is -0.834. The molecule has 136 valence electrons. The topological polar surface area (TPSA) is 79.5 Å². The molecule has 0 aliphatic heterocycles. The fourth-order valence-corrected chi connectivity index (χ4v) is 2.93. The van der Waals surface area contributed by atoms with Crippen LogP contribution in [0.2, 0.25) is 0 Å². The van der Waals surface area contributed by atoms with Crippen LogP contribution in [0.25, 0.3) is 16.9 Å². The van der Waals surface area contributed by atoms with Crippen molar-refractivity contribution in [1.29, 1.82) is 0 Å². The molecule has 0 saturated carbocycles. The van der Waals surface area contributed by atoms with Crippen LogP contribution < -0.4 is 5.43 Å². The number of aromatic hydroxyl groups is 1. The van der Waals surface area contributed by atoms with Gasteiger partial charge in [-0.25, -0.2) is 0 Å². The summed E-state index contributed by atoms with van der Waals surface area (Å²) in [6.45, 7) is 5.27. The monoisotopic (exact) mass is 361 g/mol. The van der Waals surface area contributed by atoms with E-state index >= 15 is 0 Å². The number of nitrogens with zero attached hydrogens (tertiary/aromatic N) is 1. The fraction of sp³-hybridized carbons (Fsp3) is 0.0909. The minimum absolute atomic E-state index is 0.00957. The maximum absolute atomic E-state index is 11.9. The number of carbonyl (C=O) groups is 1. The summed E-state index contributed by atoms with van der Waals surface area (Å²) < 4.78 is 1.62. The molecule has 5 nitrogen and oxygen atoms in total. The molecule has 0 amide bonds. The SMILES string of the molecule is C=C(O)c1cn(Cc2ccccc2-c2ccc(C(C)=O)cc2)cc(O)c1=O. The maximum atomic E-state index is 11.9. The Kier molecular flexibility index (Phi) is 4.94. The first-order chi connectivity index (χ1) is 12.9. The van der Waals surface area contributed by atoms with E-state index in [1.165, 1.54) is 19.3 Å². The second-order valence-corrected chi connectivity index (χ2v) is 6.30. The highest BCUT2D eigenvalue weighted by atomic mass is 16.3. The molecule has 27 heavy (non-hydrogen) atoms. The predicted octanol–water partition coefficient (Wildman–Crippen LogP) is 4.00. The molecule has 0 atom stereocenters. The van der Waals surface area contributed by atoms with Crippen LogP contribution in [0.5, 0.6) is 5.75 Å². The van der Waals surface area contributed by atoms with Crippen LogP contribution in [0.4, 0.5) is 0 Å². The van der Waals surface area contributed by atoms with E-state index in [1.807, 2.05) is 36.4 Å². The maximum Gasteiger partial charge on any atom is 0.234 e. The Morgan fingerprint density at radius 2 is 1.74 bits per heavy atom. The number of pyridine rings is 1. The molecule has 3 aromatic rings. The van der Waals surface area contributed by atoms with Gasteiger partial charge in [-0.3, -0.25) is 9.59 Å². The molecule has 5 heteroatoms. The van der Waals surface area contributed by atoms with Crippen LogP contribution >= 0.6 is 0 Å². The Labute approximate surface area is 156 Å². The predicted molar refractivity (Wildman–Crippen MR) is 105 cm³/mol. The summed E-state index contributed by atoms with van der Waals surface area (Å²) in [5.41, 5.74) is 2.81. The first kappa shape index (κ1) is 18.2. The summed E-state index contributed by atoms with van der Waals surface area (Å²) in [6, 6.07) is 15.1. The molecule has 0 saturated heterocycles. The van der Waals surface area contributed by atoms with E-state index in [4.69, 9.17) is 0 Å². The van der Waals surface area contributed by atoms with Gasteiger partial charge in [-0.05, 0) is 23.6 Å².